The molecule has 1 saturated heterocycles. The average molecular weight is 293 g/mol. The zero-order valence-corrected chi connectivity index (χ0v) is 12.4. The topological polar surface area (TPSA) is 41.5 Å². The van der Waals surface area contributed by atoms with Crippen molar-refractivity contribution in [2.75, 3.05) is 26.4 Å². The van der Waals surface area contributed by atoms with Gasteiger partial charge in [0, 0.05) is 36.8 Å². The molecule has 1 aromatic rings. The van der Waals surface area contributed by atoms with Crippen LogP contribution in [-0.4, -0.2) is 31.5 Å². The monoisotopic (exact) mass is 293 g/mol. The quantitative estimate of drug-likeness (QED) is 0.760. The van der Waals surface area contributed by atoms with Gasteiger partial charge in [-0.05, 0) is 25.3 Å². The first-order chi connectivity index (χ1) is 10.2. The summed E-state index contributed by atoms with van der Waals surface area (Å²) in [6.07, 6.45) is 4.10. The molecule has 3 nitrogen and oxygen atoms in total. The molecule has 0 amide bonds. The van der Waals surface area contributed by atoms with Crippen molar-refractivity contribution in [2.24, 2.45) is 5.41 Å². The smallest absolute Gasteiger partial charge is 0.127 e. The lowest BCUT2D eigenvalue weighted by Crippen LogP contribution is -2.43. The minimum atomic E-state index is -0.207. The molecule has 4 heteroatoms. The van der Waals surface area contributed by atoms with Crippen LogP contribution in [0.2, 0.25) is 0 Å². The van der Waals surface area contributed by atoms with Gasteiger partial charge in [0.15, 0.2) is 0 Å². The van der Waals surface area contributed by atoms with Gasteiger partial charge >= 0.3 is 0 Å². The second kappa shape index (κ2) is 7.69. The second-order valence-corrected chi connectivity index (χ2v) is 5.75. The maximum absolute atomic E-state index is 14.0. The Bertz CT molecular complexity index is 458. The number of aliphatic hydroxyl groups is 1. The van der Waals surface area contributed by atoms with Gasteiger partial charge in [-0.15, -0.1) is 6.58 Å². The first-order valence-corrected chi connectivity index (χ1v) is 7.48. The Morgan fingerprint density at radius 2 is 2.10 bits per heavy atom. The lowest BCUT2D eigenvalue weighted by Gasteiger charge is -2.37. The first-order valence-electron chi connectivity index (χ1n) is 7.48. The van der Waals surface area contributed by atoms with Gasteiger partial charge < -0.3 is 15.2 Å². The number of hydrogen-bond donors (Lipinski definition) is 2. The molecular formula is C17H24FNO2. The predicted molar refractivity (Wildman–Crippen MR) is 81.5 cm³/mol. The summed E-state index contributed by atoms with van der Waals surface area (Å²) in [5, 5.41) is 13.1. The fourth-order valence-electron chi connectivity index (χ4n) is 2.78. The highest BCUT2D eigenvalue weighted by Gasteiger charge is 2.32. The number of hydrogen-bond acceptors (Lipinski definition) is 3. The Hall–Kier alpha value is -1.23. The van der Waals surface area contributed by atoms with E-state index in [1.54, 1.807) is 18.2 Å². The number of ether oxygens (including phenoxy) is 1. The Kier molecular flexibility index (Phi) is 5.91. The van der Waals surface area contributed by atoms with Crippen molar-refractivity contribution in [3.63, 3.8) is 0 Å². The minimum absolute atomic E-state index is 0.116. The molecular weight excluding hydrogens is 269 g/mol. The van der Waals surface area contributed by atoms with E-state index >= 15 is 0 Å². The zero-order chi connectivity index (χ0) is 15.1. The van der Waals surface area contributed by atoms with E-state index in [0.29, 0.717) is 31.7 Å². The zero-order valence-electron chi connectivity index (χ0n) is 12.4. The molecule has 2 N–H and O–H groups in total. The molecule has 0 bridgehead atoms. The van der Waals surface area contributed by atoms with Gasteiger partial charge in [0.05, 0.1) is 6.61 Å². The normalized spacial score (nSPS) is 19.1. The standard InChI is InChI=1S/C17H24FNO2/c1-2-5-16(14-6-3-4-7-15(14)18)19-12-17(13-20)8-10-21-11-9-17/h2-4,6-7,16,19-20H,1,5,8-13H2. The highest BCUT2D eigenvalue weighted by atomic mass is 19.1. The van der Waals surface area contributed by atoms with Crippen molar-refractivity contribution >= 4 is 0 Å². The van der Waals surface area contributed by atoms with Crippen LogP contribution in [0.1, 0.15) is 30.9 Å². The van der Waals surface area contributed by atoms with Gasteiger partial charge in [-0.2, -0.15) is 0 Å². The van der Waals surface area contributed by atoms with Crippen LogP contribution in [0, 0.1) is 11.2 Å². The lowest BCUT2D eigenvalue weighted by molar-refractivity contribution is -0.0165. The van der Waals surface area contributed by atoms with E-state index in [-0.39, 0.29) is 23.9 Å². The number of halogens is 1. The van der Waals surface area contributed by atoms with Crippen LogP contribution in [0.3, 0.4) is 0 Å². The molecule has 1 heterocycles. The molecule has 2 rings (SSSR count). The second-order valence-electron chi connectivity index (χ2n) is 5.75. The fraction of sp³-hybridized carbons (Fsp3) is 0.529. The van der Waals surface area contributed by atoms with Crippen molar-refractivity contribution in [1.82, 2.24) is 5.32 Å². The van der Waals surface area contributed by atoms with Crippen LogP contribution < -0.4 is 5.32 Å². The summed E-state index contributed by atoms with van der Waals surface area (Å²) in [5.74, 6) is -0.207. The third-order valence-electron chi connectivity index (χ3n) is 4.30. The Morgan fingerprint density at radius 1 is 1.38 bits per heavy atom. The van der Waals surface area contributed by atoms with E-state index in [4.69, 9.17) is 4.74 Å². The Labute approximate surface area is 125 Å². The van der Waals surface area contributed by atoms with Crippen molar-refractivity contribution in [2.45, 2.75) is 25.3 Å². The Morgan fingerprint density at radius 3 is 2.71 bits per heavy atom. The molecule has 0 radical (unpaired) electrons. The summed E-state index contributed by atoms with van der Waals surface area (Å²) in [6, 6.07) is 6.69. The van der Waals surface area contributed by atoms with Crippen LogP contribution in [0.4, 0.5) is 4.39 Å². The molecule has 0 spiro atoms. The van der Waals surface area contributed by atoms with Crippen molar-refractivity contribution < 1.29 is 14.2 Å². The number of aliphatic hydroxyl groups excluding tert-OH is 1. The summed E-state index contributed by atoms with van der Waals surface area (Å²) >= 11 is 0. The lowest BCUT2D eigenvalue weighted by atomic mass is 9.80. The van der Waals surface area contributed by atoms with Gasteiger partial charge in [-0.3, -0.25) is 0 Å². The maximum atomic E-state index is 14.0. The van der Waals surface area contributed by atoms with E-state index in [2.05, 4.69) is 11.9 Å². The molecule has 1 fully saturated rings. The summed E-state index contributed by atoms with van der Waals surface area (Å²) in [6.45, 7) is 5.88. The third kappa shape index (κ3) is 4.13. The van der Waals surface area contributed by atoms with E-state index in [9.17, 15) is 9.50 Å². The molecule has 1 aliphatic rings. The third-order valence-corrected chi connectivity index (χ3v) is 4.30. The van der Waals surface area contributed by atoms with Crippen molar-refractivity contribution in [3.05, 3.63) is 48.3 Å². The average Bonchev–Trinajstić information content (AvgIpc) is 2.53. The molecule has 1 atom stereocenters. The fourth-order valence-corrected chi connectivity index (χ4v) is 2.78. The number of rotatable bonds is 7. The summed E-state index contributed by atoms with van der Waals surface area (Å²) < 4.78 is 19.3. The number of benzene rings is 1. The molecule has 1 aromatic carbocycles. The SMILES string of the molecule is C=CCC(NCC1(CO)CCOCC1)c1ccccc1F. The number of nitrogens with one attached hydrogen (secondary N) is 1. The molecule has 116 valence electrons. The van der Waals surface area contributed by atoms with Gasteiger partial charge in [-0.25, -0.2) is 4.39 Å². The van der Waals surface area contributed by atoms with Gasteiger partial charge in [-0.1, -0.05) is 24.3 Å². The van der Waals surface area contributed by atoms with Crippen LogP contribution in [-0.2, 0) is 4.74 Å². The molecule has 21 heavy (non-hydrogen) atoms. The largest absolute Gasteiger partial charge is 0.396 e. The minimum Gasteiger partial charge on any atom is -0.396 e. The maximum Gasteiger partial charge on any atom is 0.127 e. The highest BCUT2D eigenvalue weighted by Crippen LogP contribution is 2.30. The van der Waals surface area contributed by atoms with E-state index in [1.165, 1.54) is 6.07 Å². The summed E-state index contributed by atoms with van der Waals surface area (Å²) in [7, 11) is 0. The molecule has 0 saturated carbocycles. The van der Waals surface area contributed by atoms with Crippen LogP contribution >= 0.6 is 0 Å². The molecule has 0 aliphatic carbocycles. The van der Waals surface area contributed by atoms with E-state index in [0.717, 1.165) is 12.8 Å². The summed E-state index contributed by atoms with van der Waals surface area (Å²) in [4.78, 5) is 0. The predicted octanol–water partition coefficient (Wildman–Crippen LogP) is 2.82. The Balaban J connectivity index is 2.06. The van der Waals surface area contributed by atoms with Crippen LogP contribution in [0.25, 0.3) is 0 Å². The van der Waals surface area contributed by atoms with E-state index < -0.39 is 0 Å². The van der Waals surface area contributed by atoms with E-state index in [1.807, 2.05) is 6.07 Å². The van der Waals surface area contributed by atoms with Crippen LogP contribution in [0.5, 0.6) is 0 Å². The molecule has 0 aromatic heterocycles. The summed E-state index contributed by atoms with van der Waals surface area (Å²) in [5.41, 5.74) is 0.487. The molecule has 1 unspecified atom stereocenters. The highest BCUT2D eigenvalue weighted by molar-refractivity contribution is 5.22. The van der Waals surface area contributed by atoms with Crippen LogP contribution in [0.15, 0.2) is 36.9 Å². The first kappa shape index (κ1) is 16.1. The molecule has 1 aliphatic heterocycles. The van der Waals surface area contributed by atoms with Gasteiger partial charge in [0.25, 0.3) is 0 Å². The van der Waals surface area contributed by atoms with Crippen molar-refractivity contribution in [1.29, 1.82) is 0 Å². The van der Waals surface area contributed by atoms with Gasteiger partial charge in [0.1, 0.15) is 5.82 Å². The van der Waals surface area contributed by atoms with Crippen molar-refractivity contribution in [3.8, 4) is 0 Å². The van der Waals surface area contributed by atoms with Gasteiger partial charge in [0.2, 0.25) is 0 Å².